The lowest BCUT2D eigenvalue weighted by atomic mass is 10.3. The van der Waals surface area contributed by atoms with Crippen LogP contribution < -0.4 is 5.73 Å². The van der Waals surface area contributed by atoms with Gasteiger partial charge >= 0.3 is 0 Å². The highest BCUT2D eigenvalue weighted by Gasteiger charge is 1.97. The molecule has 0 amide bonds. The van der Waals surface area contributed by atoms with Gasteiger partial charge in [0.25, 0.3) is 0 Å². The summed E-state index contributed by atoms with van der Waals surface area (Å²) in [6.45, 7) is 1.38. The highest BCUT2D eigenvalue weighted by Crippen LogP contribution is 1.81. The molecule has 3 N–H and O–H groups in total. The first-order valence-electron chi connectivity index (χ1n) is 2.06. The molecule has 3 nitrogen and oxygen atoms in total. The maximum absolute atomic E-state index is 10.0. The average Bonchev–Trinajstić information content (AvgIpc) is 1.27. The van der Waals surface area contributed by atoms with Crippen molar-refractivity contribution in [3.8, 4) is 0 Å². The van der Waals surface area contributed by atoms with E-state index in [0.29, 0.717) is 0 Å². The van der Waals surface area contributed by atoms with Crippen molar-refractivity contribution in [3.63, 3.8) is 0 Å². The number of carbonyl (C=O) groups excluding carboxylic acids is 1. The van der Waals surface area contributed by atoms with Crippen LogP contribution in [-0.2, 0) is 4.79 Å². The minimum absolute atomic E-state index is 0.0556. The smallest absolute Gasteiger partial charge is 0.133 e. The van der Waals surface area contributed by atoms with Crippen molar-refractivity contribution in [3.05, 3.63) is 0 Å². The predicted octanol–water partition coefficient (Wildman–Crippen LogP) is -0.757. The van der Waals surface area contributed by atoms with Crippen LogP contribution in [0.3, 0.4) is 0 Å². The molecule has 0 aromatic carbocycles. The van der Waals surface area contributed by atoms with Gasteiger partial charge in [-0.15, -0.1) is 0 Å². The Bertz CT molecular complexity index is 70.1. The van der Waals surface area contributed by atoms with E-state index >= 15 is 0 Å². The maximum Gasteiger partial charge on any atom is 0.133 e. The number of hydrogen-bond donors (Lipinski definition) is 2. The molecular formula is C4H9NO2. The van der Waals surface area contributed by atoms with Gasteiger partial charge in [-0.3, -0.25) is 4.79 Å². The molecule has 0 fully saturated rings. The van der Waals surface area contributed by atoms with Gasteiger partial charge in [-0.25, -0.2) is 0 Å². The minimum Gasteiger partial charge on any atom is -0.378 e. The van der Waals surface area contributed by atoms with Gasteiger partial charge in [0.05, 0.1) is 0 Å². The molecule has 0 spiro atoms. The van der Waals surface area contributed by atoms with Crippen molar-refractivity contribution in [2.24, 2.45) is 5.73 Å². The predicted molar refractivity (Wildman–Crippen MR) is 25.5 cm³/mol. The third kappa shape index (κ3) is 5.59. The zero-order valence-corrected chi connectivity index (χ0v) is 4.22. The second kappa shape index (κ2) is 2.71. The number of aliphatic hydroxyl groups excluding tert-OH is 1. The number of carbonyl (C=O) groups is 1. The molecule has 0 saturated carbocycles. The number of nitrogens with two attached hydrogens (primary N) is 1. The summed E-state index contributed by atoms with van der Waals surface area (Å²) in [5.41, 5.74) is 4.83. The van der Waals surface area contributed by atoms with Crippen LogP contribution in [0, 0.1) is 0 Å². The van der Waals surface area contributed by atoms with Gasteiger partial charge in [0, 0.05) is 6.42 Å². The molecule has 7 heavy (non-hydrogen) atoms. The lowest BCUT2D eigenvalue weighted by Gasteiger charge is -1.95. The minimum atomic E-state index is -0.975. The Morgan fingerprint density at radius 3 is 2.43 bits per heavy atom. The van der Waals surface area contributed by atoms with Crippen molar-refractivity contribution in [2.45, 2.75) is 19.6 Å². The van der Waals surface area contributed by atoms with E-state index < -0.39 is 6.23 Å². The van der Waals surface area contributed by atoms with Crippen LogP contribution in [0.5, 0.6) is 0 Å². The summed E-state index contributed by atoms with van der Waals surface area (Å²) in [4.78, 5) is 10.0. The molecule has 0 radical (unpaired) electrons. The Kier molecular flexibility index (Phi) is 2.55. The summed E-state index contributed by atoms with van der Waals surface area (Å²) in [6.07, 6.45) is -0.919. The topological polar surface area (TPSA) is 63.3 Å². The van der Waals surface area contributed by atoms with E-state index in [-0.39, 0.29) is 12.2 Å². The summed E-state index contributed by atoms with van der Waals surface area (Å²) in [5, 5.41) is 8.28. The van der Waals surface area contributed by atoms with Gasteiger partial charge in [0.1, 0.15) is 12.0 Å². The summed E-state index contributed by atoms with van der Waals surface area (Å²) >= 11 is 0. The Hall–Kier alpha value is -0.410. The number of rotatable bonds is 2. The Morgan fingerprint density at radius 2 is 2.43 bits per heavy atom. The molecule has 0 aromatic heterocycles. The molecule has 0 aliphatic rings. The van der Waals surface area contributed by atoms with E-state index in [0.717, 1.165) is 0 Å². The maximum atomic E-state index is 10.0. The number of aliphatic hydroxyl groups is 1. The van der Waals surface area contributed by atoms with Gasteiger partial charge in [0.15, 0.2) is 0 Å². The molecule has 1 atom stereocenters. The molecule has 0 aromatic rings. The van der Waals surface area contributed by atoms with Crippen LogP contribution in [0.2, 0.25) is 0 Å². The van der Waals surface area contributed by atoms with Crippen molar-refractivity contribution in [1.82, 2.24) is 0 Å². The fourth-order valence-electron chi connectivity index (χ4n) is 0.295. The quantitative estimate of drug-likeness (QED) is 0.452. The summed E-state index contributed by atoms with van der Waals surface area (Å²) in [5.74, 6) is -0.0880. The first-order valence-corrected chi connectivity index (χ1v) is 2.06. The SMILES string of the molecule is CC(=O)CC(N)O. The molecule has 1 unspecified atom stereocenters. The zero-order valence-electron chi connectivity index (χ0n) is 4.22. The Morgan fingerprint density at radius 1 is 2.00 bits per heavy atom. The van der Waals surface area contributed by atoms with Crippen molar-refractivity contribution in [2.75, 3.05) is 0 Å². The van der Waals surface area contributed by atoms with E-state index in [1.807, 2.05) is 0 Å². The van der Waals surface area contributed by atoms with E-state index in [9.17, 15) is 4.79 Å². The van der Waals surface area contributed by atoms with Crippen LogP contribution in [0.4, 0.5) is 0 Å². The van der Waals surface area contributed by atoms with E-state index in [1.165, 1.54) is 6.92 Å². The first-order chi connectivity index (χ1) is 3.13. The van der Waals surface area contributed by atoms with Gasteiger partial charge in [-0.1, -0.05) is 0 Å². The summed E-state index contributed by atoms with van der Waals surface area (Å²) < 4.78 is 0. The highest BCUT2D eigenvalue weighted by molar-refractivity contribution is 5.75. The molecule has 42 valence electrons. The molecule has 0 aliphatic carbocycles. The molecule has 3 heteroatoms. The fourth-order valence-corrected chi connectivity index (χ4v) is 0.295. The van der Waals surface area contributed by atoms with Crippen LogP contribution >= 0.6 is 0 Å². The van der Waals surface area contributed by atoms with Gasteiger partial charge in [-0.05, 0) is 6.92 Å². The lowest BCUT2D eigenvalue weighted by molar-refractivity contribution is -0.118. The third-order valence-corrected chi connectivity index (χ3v) is 0.497. The Labute approximate surface area is 42.1 Å². The van der Waals surface area contributed by atoms with E-state index in [2.05, 4.69) is 0 Å². The standard InChI is InChI=1S/C4H9NO2/c1-3(6)2-4(5)7/h4,7H,2,5H2,1H3. The number of Topliss-reactive ketones (excluding diaryl/α,β-unsaturated/α-hetero) is 1. The number of hydrogen-bond acceptors (Lipinski definition) is 3. The molecule has 0 bridgehead atoms. The van der Waals surface area contributed by atoms with E-state index in [4.69, 9.17) is 10.8 Å². The zero-order chi connectivity index (χ0) is 5.86. The monoisotopic (exact) mass is 103 g/mol. The fraction of sp³-hybridized carbons (Fsp3) is 0.750. The number of ketones is 1. The van der Waals surface area contributed by atoms with Crippen molar-refractivity contribution in [1.29, 1.82) is 0 Å². The molecule has 0 heterocycles. The molecular weight excluding hydrogens is 94.0 g/mol. The average molecular weight is 103 g/mol. The van der Waals surface area contributed by atoms with Crippen molar-refractivity contribution < 1.29 is 9.90 Å². The van der Waals surface area contributed by atoms with Gasteiger partial charge in [-0.2, -0.15) is 0 Å². The normalized spacial score (nSPS) is 13.6. The molecule has 0 saturated heterocycles. The van der Waals surface area contributed by atoms with Crippen LogP contribution in [0.1, 0.15) is 13.3 Å². The van der Waals surface area contributed by atoms with Crippen LogP contribution in [0.15, 0.2) is 0 Å². The van der Waals surface area contributed by atoms with Crippen LogP contribution in [-0.4, -0.2) is 17.1 Å². The second-order valence-corrected chi connectivity index (χ2v) is 1.47. The van der Waals surface area contributed by atoms with E-state index in [1.54, 1.807) is 0 Å². The summed E-state index contributed by atoms with van der Waals surface area (Å²) in [6, 6.07) is 0. The summed E-state index contributed by atoms with van der Waals surface area (Å²) in [7, 11) is 0. The van der Waals surface area contributed by atoms with Crippen molar-refractivity contribution >= 4 is 5.78 Å². The molecule has 0 aliphatic heterocycles. The highest BCUT2D eigenvalue weighted by atomic mass is 16.3. The molecule has 0 rings (SSSR count). The third-order valence-electron chi connectivity index (χ3n) is 0.497. The first kappa shape index (κ1) is 6.59. The Balaban J connectivity index is 3.13. The largest absolute Gasteiger partial charge is 0.378 e. The second-order valence-electron chi connectivity index (χ2n) is 1.47. The van der Waals surface area contributed by atoms with Gasteiger partial charge in [0.2, 0.25) is 0 Å². The van der Waals surface area contributed by atoms with Crippen LogP contribution in [0.25, 0.3) is 0 Å². The lowest BCUT2D eigenvalue weighted by Crippen LogP contribution is -2.21. The van der Waals surface area contributed by atoms with Gasteiger partial charge < -0.3 is 10.8 Å².